The molecule has 16 heteroatoms. The van der Waals surface area contributed by atoms with E-state index >= 15 is 0 Å². The molecule has 34 heavy (non-hydrogen) atoms. The van der Waals surface area contributed by atoms with Gasteiger partial charge in [0.05, 0.1) is 19.8 Å². The SMILES string of the molecule is OC[C@H]1OC(O)[C@H](O[C@H]2O[C@H](CO)[C@@H](O)[C@H](O)[C@H]2O)[C@@H](O[C@H]2O[C@H](CO)[C@@H](O)[C@H](O)[C@H]2O)[C@H]1O. The van der Waals surface area contributed by atoms with Gasteiger partial charge in [0.25, 0.3) is 0 Å². The highest BCUT2D eigenvalue weighted by Gasteiger charge is 2.53. The van der Waals surface area contributed by atoms with Crippen molar-refractivity contribution < 1.29 is 79.9 Å². The monoisotopic (exact) mass is 504 g/mol. The first-order chi connectivity index (χ1) is 16.0. The molecule has 0 aromatic heterocycles. The van der Waals surface area contributed by atoms with Crippen molar-refractivity contribution in [1.82, 2.24) is 0 Å². The molecule has 0 aliphatic carbocycles. The average molecular weight is 504 g/mol. The lowest BCUT2D eigenvalue weighted by Gasteiger charge is -2.48. The van der Waals surface area contributed by atoms with E-state index in [1.165, 1.54) is 0 Å². The fourth-order valence-electron chi connectivity index (χ4n) is 4.03. The van der Waals surface area contributed by atoms with E-state index < -0.39 is 112 Å². The van der Waals surface area contributed by atoms with Crippen molar-refractivity contribution in [2.45, 2.75) is 92.1 Å². The standard InChI is InChI=1S/C18H32O16/c19-1-4-7(22)10(25)12(27)17(31-4)33-14-9(24)6(3-21)30-16(29)15(14)34-18-13(28)11(26)8(23)5(2-20)32-18/h4-29H,1-3H2/t4-,5-,6-,7-,8-,9+,10+,11+,12-,13-,14+,15-,16?,17-,18-/m1/s1. The molecule has 16 nitrogen and oxygen atoms in total. The quantitative estimate of drug-likeness (QED) is 0.154. The van der Waals surface area contributed by atoms with Crippen LogP contribution < -0.4 is 0 Å². The molecule has 0 spiro atoms. The smallest absolute Gasteiger partial charge is 0.187 e. The van der Waals surface area contributed by atoms with Gasteiger partial charge in [-0.05, 0) is 0 Å². The molecule has 3 fully saturated rings. The Labute approximate surface area is 192 Å². The second-order valence-electron chi connectivity index (χ2n) is 8.33. The normalized spacial score (nSPS) is 52.5. The third-order valence-electron chi connectivity index (χ3n) is 6.10. The molecule has 0 amide bonds. The van der Waals surface area contributed by atoms with Gasteiger partial charge < -0.3 is 79.9 Å². The number of hydrogen-bond donors (Lipinski definition) is 11. The number of aliphatic hydroxyl groups is 11. The summed E-state index contributed by atoms with van der Waals surface area (Å²) in [7, 11) is 0. The summed E-state index contributed by atoms with van der Waals surface area (Å²) in [5, 5.41) is 109. The van der Waals surface area contributed by atoms with Crippen LogP contribution in [0.25, 0.3) is 0 Å². The van der Waals surface area contributed by atoms with E-state index in [1.54, 1.807) is 0 Å². The molecule has 0 aromatic rings. The van der Waals surface area contributed by atoms with E-state index in [1.807, 2.05) is 0 Å². The van der Waals surface area contributed by atoms with Gasteiger partial charge in [0.2, 0.25) is 0 Å². The molecule has 0 aromatic carbocycles. The van der Waals surface area contributed by atoms with Crippen molar-refractivity contribution in [3.05, 3.63) is 0 Å². The van der Waals surface area contributed by atoms with E-state index in [9.17, 15) is 56.2 Å². The summed E-state index contributed by atoms with van der Waals surface area (Å²) < 4.78 is 26.5. The van der Waals surface area contributed by atoms with Crippen molar-refractivity contribution in [3.63, 3.8) is 0 Å². The minimum atomic E-state index is -1.94. The topological polar surface area (TPSA) is 269 Å². The highest BCUT2D eigenvalue weighted by molar-refractivity contribution is 4.96. The number of aliphatic hydroxyl groups excluding tert-OH is 11. The molecule has 3 rings (SSSR count). The Morgan fingerprint density at radius 2 is 0.824 bits per heavy atom. The summed E-state index contributed by atoms with van der Waals surface area (Å²) in [4.78, 5) is 0. The van der Waals surface area contributed by atoms with Crippen LogP contribution in [0.2, 0.25) is 0 Å². The molecule has 0 saturated carbocycles. The van der Waals surface area contributed by atoms with E-state index in [-0.39, 0.29) is 0 Å². The number of ether oxygens (including phenoxy) is 5. The first kappa shape index (κ1) is 27.9. The van der Waals surface area contributed by atoms with Crippen molar-refractivity contribution in [2.75, 3.05) is 19.8 Å². The van der Waals surface area contributed by atoms with Gasteiger partial charge in [-0.2, -0.15) is 0 Å². The van der Waals surface area contributed by atoms with Crippen LogP contribution in [0.15, 0.2) is 0 Å². The van der Waals surface area contributed by atoms with Crippen LogP contribution in [0.1, 0.15) is 0 Å². The molecule has 3 aliphatic rings. The predicted octanol–water partition coefficient (Wildman–Crippen LogP) is -7.57. The van der Waals surface area contributed by atoms with Crippen molar-refractivity contribution in [1.29, 1.82) is 0 Å². The molecule has 0 bridgehead atoms. The summed E-state index contributed by atoms with van der Waals surface area (Å²) in [6.07, 6.45) is -25.6. The van der Waals surface area contributed by atoms with Crippen LogP contribution in [0.5, 0.6) is 0 Å². The van der Waals surface area contributed by atoms with E-state index in [4.69, 9.17) is 23.7 Å². The maximum absolute atomic E-state index is 10.6. The summed E-state index contributed by atoms with van der Waals surface area (Å²) >= 11 is 0. The lowest BCUT2D eigenvalue weighted by Crippen LogP contribution is -2.67. The third-order valence-corrected chi connectivity index (χ3v) is 6.10. The van der Waals surface area contributed by atoms with Crippen LogP contribution in [0, 0.1) is 0 Å². The largest absolute Gasteiger partial charge is 0.394 e. The summed E-state index contributed by atoms with van der Waals surface area (Å²) in [6, 6.07) is 0. The summed E-state index contributed by atoms with van der Waals surface area (Å²) in [6.45, 7) is -2.33. The molecule has 3 saturated heterocycles. The van der Waals surface area contributed by atoms with Gasteiger partial charge in [-0.1, -0.05) is 0 Å². The maximum atomic E-state index is 10.6. The van der Waals surface area contributed by atoms with Gasteiger partial charge in [-0.25, -0.2) is 0 Å². The number of rotatable bonds is 7. The lowest BCUT2D eigenvalue weighted by atomic mass is 9.96. The fraction of sp³-hybridized carbons (Fsp3) is 1.00. The lowest BCUT2D eigenvalue weighted by molar-refractivity contribution is -0.387. The molecular formula is C18H32O16. The molecule has 0 radical (unpaired) electrons. The summed E-state index contributed by atoms with van der Waals surface area (Å²) in [5.74, 6) is 0. The highest BCUT2D eigenvalue weighted by atomic mass is 16.8. The van der Waals surface area contributed by atoms with Crippen molar-refractivity contribution in [3.8, 4) is 0 Å². The first-order valence-electron chi connectivity index (χ1n) is 10.6. The Bertz CT molecular complexity index is 637. The fourth-order valence-corrected chi connectivity index (χ4v) is 4.03. The Balaban J connectivity index is 1.83. The zero-order chi connectivity index (χ0) is 25.3. The third kappa shape index (κ3) is 5.37. The Hall–Kier alpha value is -0.640. The minimum absolute atomic E-state index is 0.769. The van der Waals surface area contributed by atoms with Gasteiger partial charge in [0.1, 0.15) is 73.2 Å². The van der Waals surface area contributed by atoms with E-state index in [0.717, 1.165) is 0 Å². The van der Waals surface area contributed by atoms with Crippen LogP contribution >= 0.6 is 0 Å². The second-order valence-corrected chi connectivity index (χ2v) is 8.33. The zero-order valence-electron chi connectivity index (χ0n) is 17.7. The molecular weight excluding hydrogens is 472 g/mol. The average Bonchev–Trinajstić information content (AvgIpc) is 2.83. The number of hydrogen-bond acceptors (Lipinski definition) is 16. The van der Waals surface area contributed by atoms with Crippen molar-refractivity contribution >= 4 is 0 Å². The summed E-state index contributed by atoms with van der Waals surface area (Å²) in [5.41, 5.74) is 0. The van der Waals surface area contributed by atoms with E-state index in [0.29, 0.717) is 0 Å². The molecule has 200 valence electrons. The zero-order valence-corrected chi connectivity index (χ0v) is 17.7. The molecule has 15 atom stereocenters. The van der Waals surface area contributed by atoms with Crippen LogP contribution in [0.4, 0.5) is 0 Å². The van der Waals surface area contributed by atoms with Crippen LogP contribution in [-0.4, -0.2) is 168 Å². The van der Waals surface area contributed by atoms with Gasteiger partial charge in [-0.15, -0.1) is 0 Å². The maximum Gasteiger partial charge on any atom is 0.187 e. The van der Waals surface area contributed by atoms with Crippen LogP contribution in [-0.2, 0) is 23.7 Å². The minimum Gasteiger partial charge on any atom is -0.394 e. The molecule has 11 N–H and O–H groups in total. The molecule has 3 heterocycles. The molecule has 1 unspecified atom stereocenters. The van der Waals surface area contributed by atoms with Crippen LogP contribution in [0.3, 0.4) is 0 Å². The van der Waals surface area contributed by atoms with Crippen molar-refractivity contribution in [2.24, 2.45) is 0 Å². The highest BCUT2D eigenvalue weighted by Crippen LogP contribution is 2.32. The van der Waals surface area contributed by atoms with Gasteiger partial charge in [-0.3, -0.25) is 0 Å². The van der Waals surface area contributed by atoms with Gasteiger partial charge >= 0.3 is 0 Å². The van der Waals surface area contributed by atoms with Gasteiger partial charge in [0, 0.05) is 0 Å². The second kappa shape index (κ2) is 11.6. The Morgan fingerprint density at radius 3 is 1.24 bits per heavy atom. The first-order valence-corrected chi connectivity index (χ1v) is 10.6. The van der Waals surface area contributed by atoms with Gasteiger partial charge in [0.15, 0.2) is 18.9 Å². The molecule has 3 aliphatic heterocycles. The van der Waals surface area contributed by atoms with E-state index in [2.05, 4.69) is 0 Å². The Kier molecular flexibility index (Phi) is 9.54. The predicted molar refractivity (Wildman–Crippen MR) is 101 cm³/mol. The Morgan fingerprint density at radius 1 is 0.441 bits per heavy atom.